The van der Waals surface area contributed by atoms with Gasteiger partial charge in [-0.2, -0.15) is 0 Å². The second kappa shape index (κ2) is 9.30. The zero-order valence-electron chi connectivity index (χ0n) is 14.0. The van der Waals surface area contributed by atoms with Crippen LogP contribution in [-0.2, 0) is 0 Å². The van der Waals surface area contributed by atoms with Crippen LogP contribution in [0.4, 0.5) is 0 Å². The van der Waals surface area contributed by atoms with E-state index >= 15 is 0 Å². The summed E-state index contributed by atoms with van der Waals surface area (Å²) in [7, 11) is 3.06. The van der Waals surface area contributed by atoms with Crippen LogP contribution in [0.2, 0.25) is 0 Å². The number of rotatable bonds is 9. The molecule has 6 heteroatoms. The summed E-state index contributed by atoms with van der Waals surface area (Å²) < 4.78 is 10.5. The summed E-state index contributed by atoms with van der Waals surface area (Å²) >= 11 is 1.68. The molecule has 0 spiro atoms. The van der Waals surface area contributed by atoms with Crippen LogP contribution in [0.15, 0.2) is 35.7 Å². The Morgan fingerprint density at radius 3 is 2.67 bits per heavy atom. The van der Waals surface area contributed by atoms with E-state index in [1.807, 2.05) is 11.4 Å². The molecule has 24 heavy (non-hydrogen) atoms. The first kappa shape index (κ1) is 18.3. The van der Waals surface area contributed by atoms with E-state index in [1.54, 1.807) is 36.6 Å². The molecule has 2 N–H and O–H groups in total. The van der Waals surface area contributed by atoms with Gasteiger partial charge >= 0.3 is 0 Å². The van der Waals surface area contributed by atoms with Crippen LogP contribution in [-0.4, -0.2) is 38.4 Å². The number of aliphatic hydroxyl groups excluding tert-OH is 1. The largest absolute Gasteiger partial charge is 0.493 e. The number of thiophene rings is 1. The van der Waals surface area contributed by atoms with E-state index in [4.69, 9.17) is 9.47 Å². The number of methoxy groups -OCH3 is 2. The Morgan fingerprint density at radius 2 is 2.04 bits per heavy atom. The molecule has 0 radical (unpaired) electrons. The Labute approximate surface area is 146 Å². The summed E-state index contributed by atoms with van der Waals surface area (Å²) in [5.41, 5.74) is 0.451. The first-order valence-corrected chi connectivity index (χ1v) is 8.72. The molecule has 1 heterocycles. The smallest absolute Gasteiger partial charge is 0.255 e. The van der Waals surface area contributed by atoms with Gasteiger partial charge in [-0.1, -0.05) is 12.1 Å². The lowest BCUT2D eigenvalue weighted by molar-refractivity contribution is 0.0948. The minimum absolute atomic E-state index is 0.139. The number of aliphatic hydroxyl groups is 1. The first-order chi connectivity index (χ1) is 11.7. The normalized spacial score (nSPS) is 11.8. The highest BCUT2D eigenvalue weighted by atomic mass is 32.1. The van der Waals surface area contributed by atoms with Crippen molar-refractivity contribution in [1.29, 1.82) is 0 Å². The summed E-state index contributed by atoms with van der Waals surface area (Å²) in [5.74, 6) is 1.02. The number of carbonyl (C=O) groups is 1. The molecule has 0 saturated heterocycles. The third-order valence-corrected chi connectivity index (χ3v) is 4.88. The zero-order valence-corrected chi connectivity index (χ0v) is 14.8. The maximum absolute atomic E-state index is 12.4. The monoisotopic (exact) mass is 349 g/mol. The molecule has 1 aromatic heterocycles. The number of benzene rings is 1. The molecule has 0 fully saturated rings. The molecule has 0 saturated carbocycles. The van der Waals surface area contributed by atoms with Gasteiger partial charge in [-0.05, 0) is 42.3 Å². The van der Waals surface area contributed by atoms with Gasteiger partial charge in [0.2, 0.25) is 0 Å². The summed E-state index contributed by atoms with van der Waals surface area (Å²) in [6.07, 6.45) is 1.47. The van der Waals surface area contributed by atoms with Crippen LogP contribution >= 0.6 is 11.3 Å². The molecule has 2 rings (SSSR count). The molecule has 1 atom stereocenters. The van der Waals surface area contributed by atoms with Crippen LogP contribution in [0.1, 0.15) is 34.0 Å². The minimum Gasteiger partial charge on any atom is -0.493 e. The van der Waals surface area contributed by atoms with Crippen molar-refractivity contribution in [2.45, 2.75) is 18.8 Å². The number of hydrogen-bond donors (Lipinski definition) is 2. The molecular formula is C18H23NO4S. The SMILES string of the molecule is COc1cccc(C(=O)NCC[C@H](CCO)c2cccs2)c1OC. The van der Waals surface area contributed by atoms with Gasteiger partial charge in [-0.3, -0.25) is 4.79 Å². The third-order valence-electron chi connectivity index (χ3n) is 3.85. The maximum atomic E-state index is 12.4. The van der Waals surface area contributed by atoms with Crippen molar-refractivity contribution in [3.05, 3.63) is 46.2 Å². The second-order valence-corrected chi connectivity index (χ2v) is 6.29. The number of nitrogens with one attached hydrogen (secondary N) is 1. The van der Waals surface area contributed by atoms with Crippen molar-refractivity contribution in [1.82, 2.24) is 5.32 Å². The fourth-order valence-electron chi connectivity index (χ4n) is 2.63. The van der Waals surface area contributed by atoms with Gasteiger partial charge in [0.05, 0.1) is 19.8 Å². The number of hydrogen-bond acceptors (Lipinski definition) is 5. The molecule has 130 valence electrons. The molecule has 0 aliphatic heterocycles. The van der Waals surface area contributed by atoms with Gasteiger partial charge in [-0.15, -0.1) is 11.3 Å². The van der Waals surface area contributed by atoms with Gasteiger partial charge in [0.25, 0.3) is 5.91 Å². The maximum Gasteiger partial charge on any atom is 0.255 e. The highest BCUT2D eigenvalue weighted by Crippen LogP contribution is 2.31. The predicted octanol–water partition coefficient (Wildman–Crippen LogP) is 3.05. The zero-order chi connectivity index (χ0) is 17.4. The summed E-state index contributed by atoms with van der Waals surface area (Å²) in [5, 5.41) is 14.2. The van der Waals surface area contributed by atoms with E-state index in [1.165, 1.54) is 12.0 Å². The average Bonchev–Trinajstić information content (AvgIpc) is 3.14. The van der Waals surface area contributed by atoms with E-state index < -0.39 is 0 Å². The lowest BCUT2D eigenvalue weighted by Crippen LogP contribution is -2.26. The van der Waals surface area contributed by atoms with E-state index in [2.05, 4.69) is 11.4 Å². The highest BCUT2D eigenvalue weighted by molar-refractivity contribution is 7.10. The molecule has 1 amide bonds. The Morgan fingerprint density at radius 1 is 1.21 bits per heavy atom. The van der Waals surface area contributed by atoms with E-state index in [-0.39, 0.29) is 18.4 Å². The Bertz CT molecular complexity index is 642. The lowest BCUT2D eigenvalue weighted by atomic mass is 10.00. The van der Waals surface area contributed by atoms with Crippen molar-refractivity contribution in [3.63, 3.8) is 0 Å². The van der Waals surface area contributed by atoms with Gasteiger partial charge in [0, 0.05) is 18.0 Å². The van der Waals surface area contributed by atoms with Crippen LogP contribution in [0.3, 0.4) is 0 Å². The topological polar surface area (TPSA) is 67.8 Å². The predicted molar refractivity (Wildman–Crippen MR) is 95.3 cm³/mol. The van der Waals surface area contributed by atoms with E-state index in [0.717, 1.165) is 6.42 Å². The molecule has 0 unspecified atom stereocenters. The average molecular weight is 349 g/mol. The minimum atomic E-state index is -0.195. The Hall–Kier alpha value is -2.05. The fraction of sp³-hybridized carbons (Fsp3) is 0.389. The van der Waals surface area contributed by atoms with Crippen molar-refractivity contribution < 1.29 is 19.4 Å². The molecule has 5 nitrogen and oxygen atoms in total. The first-order valence-electron chi connectivity index (χ1n) is 7.84. The van der Waals surface area contributed by atoms with Gasteiger partial charge in [0.15, 0.2) is 11.5 Å². The lowest BCUT2D eigenvalue weighted by Gasteiger charge is -2.16. The Kier molecular flexibility index (Phi) is 7.08. The summed E-state index contributed by atoms with van der Waals surface area (Å²) in [4.78, 5) is 13.7. The van der Waals surface area contributed by atoms with Gasteiger partial charge in [-0.25, -0.2) is 0 Å². The Balaban J connectivity index is 1.98. The van der Waals surface area contributed by atoms with Crippen molar-refractivity contribution in [3.8, 4) is 11.5 Å². The summed E-state index contributed by atoms with van der Waals surface area (Å²) in [6.45, 7) is 0.669. The van der Waals surface area contributed by atoms with E-state index in [0.29, 0.717) is 30.0 Å². The molecule has 0 bridgehead atoms. The van der Waals surface area contributed by atoms with Gasteiger partial charge < -0.3 is 19.9 Å². The number of carbonyl (C=O) groups excluding carboxylic acids is 1. The van der Waals surface area contributed by atoms with Gasteiger partial charge in [0.1, 0.15) is 0 Å². The van der Waals surface area contributed by atoms with Crippen LogP contribution in [0.5, 0.6) is 11.5 Å². The van der Waals surface area contributed by atoms with Crippen LogP contribution in [0, 0.1) is 0 Å². The fourth-order valence-corrected chi connectivity index (χ4v) is 3.53. The second-order valence-electron chi connectivity index (χ2n) is 5.31. The highest BCUT2D eigenvalue weighted by Gasteiger charge is 2.17. The number of para-hydroxylation sites is 1. The standard InChI is InChI=1S/C18H23NO4S/c1-22-15-6-3-5-14(17(15)23-2)18(21)19-10-8-13(9-11-20)16-7-4-12-24-16/h3-7,12-13,20H,8-11H2,1-2H3,(H,19,21)/t13-/m1/s1. The molecule has 0 aliphatic rings. The third kappa shape index (κ3) is 4.49. The number of ether oxygens (including phenoxy) is 2. The molecular weight excluding hydrogens is 326 g/mol. The van der Waals surface area contributed by atoms with Crippen molar-refractivity contribution >= 4 is 17.2 Å². The van der Waals surface area contributed by atoms with Crippen LogP contribution < -0.4 is 14.8 Å². The molecule has 1 aromatic carbocycles. The van der Waals surface area contributed by atoms with Crippen molar-refractivity contribution in [2.24, 2.45) is 0 Å². The quantitative estimate of drug-likeness (QED) is 0.730. The molecule has 2 aromatic rings. The molecule has 0 aliphatic carbocycles. The van der Waals surface area contributed by atoms with E-state index in [9.17, 15) is 9.90 Å². The van der Waals surface area contributed by atoms with Crippen molar-refractivity contribution in [2.75, 3.05) is 27.4 Å². The summed E-state index contributed by atoms with van der Waals surface area (Å²) in [6, 6.07) is 9.29. The van der Waals surface area contributed by atoms with Crippen LogP contribution in [0.25, 0.3) is 0 Å². The number of amides is 1.